The summed E-state index contributed by atoms with van der Waals surface area (Å²) in [7, 11) is 1.48. The van der Waals surface area contributed by atoms with Gasteiger partial charge in [-0.2, -0.15) is 4.39 Å². The maximum absolute atomic E-state index is 12.6. The lowest BCUT2D eigenvalue weighted by Crippen LogP contribution is -2.16. The second kappa shape index (κ2) is 4.25. The molecule has 0 amide bonds. The van der Waals surface area contributed by atoms with Gasteiger partial charge >= 0.3 is 0 Å². The van der Waals surface area contributed by atoms with E-state index in [0.717, 1.165) is 6.07 Å². The molecule has 1 atom stereocenters. The van der Waals surface area contributed by atoms with Crippen LogP contribution in [0.3, 0.4) is 0 Å². The summed E-state index contributed by atoms with van der Waals surface area (Å²) in [6.07, 6.45) is 1.20. The molecule has 0 spiro atoms. The molecule has 0 aliphatic carbocycles. The van der Waals surface area contributed by atoms with Crippen LogP contribution in [0, 0.1) is 11.8 Å². The second-order valence-corrected chi connectivity index (χ2v) is 2.60. The first-order valence-electron chi connectivity index (χ1n) is 3.70. The van der Waals surface area contributed by atoms with Crippen LogP contribution in [-0.2, 0) is 4.74 Å². The summed E-state index contributed by atoms with van der Waals surface area (Å²) in [4.78, 5) is 3.20. The fourth-order valence-electron chi connectivity index (χ4n) is 0.915. The van der Waals surface area contributed by atoms with Gasteiger partial charge in [-0.05, 0) is 11.6 Å². The van der Waals surface area contributed by atoms with Crippen LogP contribution in [0.15, 0.2) is 12.3 Å². The van der Waals surface area contributed by atoms with Crippen molar-refractivity contribution in [2.45, 2.75) is 6.04 Å². The number of nitrogens with two attached hydrogens (primary N) is 1. The quantitative estimate of drug-likeness (QED) is 0.720. The van der Waals surface area contributed by atoms with Crippen molar-refractivity contribution in [3.8, 4) is 0 Å². The Morgan fingerprint density at radius 1 is 1.62 bits per heavy atom. The Morgan fingerprint density at radius 2 is 2.31 bits per heavy atom. The third-order valence-corrected chi connectivity index (χ3v) is 1.59. The lowest BCUT2D eigenvalue weighted by molar-refractivity contribution is 0.180. The van der Waals surface area contributed by atoms with Crippen LogP contribution in [0.5, 0.6) is 0 Å². The van der Waals surface area contributed by atoms with Gasteiger partial charge in [-0.1, -0.05) is 0 Å². The highest BCUT2D eigenvalue weighted by Gasteiger charge is 2.09. The molecule has 5 heteroatoms. The molecule has 1 aromatic heterocycles. The summed E-state index contributed by atoms with van der Waals surface area (Å²) in [5.74, 6) is -2.11. The zero-order chi connectivity index (χ0) is 9.84. The van der Waals surface area contributed by atoms with Gasteiger partial charge in [0.1, 0.15) is 0 Å². The van der Waals surface area contributed by atoms with E-state index in [-0.39, 0.29) is 6.61 Å². The normalized spacial score (nSPS) is 12.9. The summed E-state index contributed by atoms with van der Waals surface area (Å²) in [6, 6.07) is 0.541. The Hall–Kier alpha value is -1.07. The van der Waals surface area contributed by atoms with Gasteiger partial charge in [0.25, 0.3) is 0 Å². The predicted octanol–water partition coefficient (Wildman–Crippen LogP) is 1.01. The number of hydrogen-bond donors (Lipinski definition) is 1. The topological polar surface area (TPSA) is 48.1 Å². The molecule has 13 heavy (non-hydrogen) atoms. The lowest BCUT2D eigenvalue weighted by atomic mass is 10.1. The van der Waals surface area contributed by atoms with Gasteiger partial charge in [-0.15, -0.1) is 0 Å². The molecule has 0 unspecified atom stereocenters. The third-order valence-electron chi connectivity index (χ3n) is 1.59. The molecule has 72 valence electrons. The van der Waals surface area contributed by atoms with Crippen LogP contribution in [0.1, 0.15) is 11.6 Å². The van der Waals surface area contributed by atoms with Gasteiger partial charge in [0, 0.05) is 13.3 Å². The minimum absolute atomic E-state index is 0.243. The summed E-state index contributed by atoms with van der Waals surface area (Å²) in [5, 5.41) is 0. The van der Waals surface area contributed by atoms with E-state index in [9.17, 15) is 8.78 Å². The Morgan fingerprint density at radius 3 is 2.85 bits per heavy atom. The molecular weight excluding hydrogens is 178 g/mol. The number of nitrogens with zero attached hydrogens (tertiary/aromatic N) is 1. The number of hydrogen-bond acceptors (Lipinski definition) is 3. The molecule has 0 saturated carbocycles. The second-order valence-electron chi connectivity index (χ2n) is 2.60. The zero-order valence-corrected chi connectivity index (χ0v) is 7.13. The van der Waals surface area contributed by atoms with Crippen LogP contribution >= 0.6 is 0 Å². The van der Waals surface area contributed by atoms with E-state index in [1.165, 1.54) is 13.3 Å². The molecule has 2 N–H and O–H groups in total. The smallest absolute Gasteiger partial charge is 0.248 e. The molecule has 1 aromatic rings. The largest absolute Gasteiger partial charge is 0.383 e. The summed E-state index contributed by atoms with van der Waals surface area (Å²) in [6.45, 7) is 0.243. The first-order valence-corrected chi connectivity index (χ1v) is 3.70. The molecule has 1 heterocycles. The van der Waals surface area contributed by atoms with E-state index in [0.29, 0.717) is 5.56 Å². The zero-order valence-electron chi connectivity index (χ0n) is 7.13. The van der Waals surface area contributed by atoms with Gasteiger partial charge in [0.15, 0.2) is 5.82 Å². The van der Waals surface area contributed by atoms with Gasteiger partial charge < -0.3 is 10.5 Å². The molecule has 0 saturated heterocycles. The third kappa shape index (κ3) is 2.43. The van der Waals surface area contributed by atoms with Crippen molar-refractivity contribution in [3.05, 3.63) is 29.6 Å². The SMILES string of the molecule is COC[C@@H](N)c1cnc(F)c(F)c1. The van der Waals surface area contributed by atoms with Crippen molar-refractivity contribution in [2.24, 2.45) is 5.73 Å². The van der Waals surface area contributed by atoms with Crippen LogP contribution in [-0.4, -0.2) is 18.7 Å². The first-order chi connectivity index (χ1) is 6.15. The monoisotopic (exact) mass is 188 g/mol. The van der Waals surface area contributed by atoms with Crippen molar-refractivity contribution in [1.29, 1.82) is 0 Å². The van der Waals surface area contributed by atoms with E-state index in [4.69, 9.17) is 10.5 Å². The minimum Gasteiger partial charge on any atom is -0.383 e. The average Bonchev–Trinajstić information content (AvgIpc) is 2.10. The average molecular weight is 188 g/mol. The number of rotatable bonds is 3. The molecule has 0 aromatic carbocycles. The van der Waals surface area contributed by atoms with Gasteiger partial charge in [-0.25, -0.2) is 9.37 Å². The predicted molar refractivity (Wildman–Crippen MR) is 43.0 cm³/mol. The Labute approximate surface area is 74.5 Å². The molecule has 1 rings (SSSR count). The number of ether oxygens (including phenoxy) is 1. The number of halogens is 2. The molecule has 0 aliphatic heterocycles. The first kappa shape index (κ1) is 10.0. The van der Waals surface area contributed by atoms with Crippen molar-refractivity contribution >= 4 is 0 Å². The molecule has 0 fully saturated rings. The van der Waals surface area contributed by atoms with Crippen molar-refractivity contribution in [3.63, 3.8) is 0 Å². The van der Waals surface area contributed by atoms with Crippen LogP contribution < -0.4 is 5.73 Å². The molecular formula is C8H10F2N2O. The highest BCUT2D eigenvalue weighted by Crippen LogP contribution is 2.12. The molecule has 0 radical (unpaired) electrons. The Bertz CT molecular complexity index is 293. The molecule has 0 aliphatic rings. The summed E-state index contributed by atoms with van der Waals surface area (Å²) < 4.78 is 29.8. The maximum atomic E-state index is 12.6. The van der Waals surface area contributed by atoms with E-state index < -0.39 is 17.8 Å². The van der Waals surface area contributed by atoms with E-state index in [1.807, 2.05) is 0 Å². The van der Waals surface area contributed by atoms with Crippen molar-refractivity contribution in [2.75, 3.05) is 13.7 Å². The van der Waals surface area contributed by atoms with Gasteiger partial charge in [-0.3, -0.25) is 0 Å². The van der Waals surface area contributed by atoms with E-state index in [1.54, 1.807) is 0 Å². The Balaban J connectivity index is 2.84. The highest BCUT2D eigenvalue weighted by molar-refractivity contribution is 5.15. The van der Waals surface area contributed by atoms with Crippen LogP contribution in [0.2, 0.25) is 0 Å². The standard InChI is InChI=1S/C8H10F2N2O/c1-13-4-7(11)5-2-6(9)8(10)12-3-5/h2-3,7H,4,11H2,1H3/t7-/m1/s1. The van der Waals surface area contributed by atoms with Crippen LogP contribution in [0.25, 0.3) is 0 Å². The van der Waals surface area contributed by atoms with Gasteiger partial charge in [0.05, 0.1) is 12.6 Å². The van der Waals surface area contributed by atoms with Gasteiger partial charge in [0.2, 0.25) is 5.95 Å². The fraction of sp³-hybridized carbons (Fsp3) is 0.375. The molecule has 0 bridgehead atoms. The molecule has 3 nitrogen and oxygen atoms in total. The maximum Gasteiger partial charge on any atom is 0.248 e. The fourth-order valence-corrected chi connectivity index (χ4v) is 0.915. The minimum atomic E-state index is -1.12. The van der Waals surface area contributed by atoms with Crippen molar-refractivity contribution in [1.82, 2.24) is 4.98 Å². The number of methoxy groups -OCH3 is 1. The number of aromatic nitrogens is 1. The lowest BCUT2D eigenvalue weighted by Gasteiger charge is -2.09. The highest BCUT2D eigenvalue weighted by atomic mass is 19.2. The van der Waals surface area contributed by atoms with Crippen molar-refractivity contribution < 1.29 is 13.5 Å². The summed E-state index contributed by atoms with van der Waals surface area (Å²) >= 11 is 0. The van der Waals surface area contributed by atoms with Crippen LogP contribution in [0.4, 0.5) is 8.78 Å². The number of pyridine rings is 1. The van der Waals surface area contributed by atoms with E-state index in [2.05, 4.69) is 4.98 Å². The summed E-state index contributed by atoms with van der Waals surface area (Å²) in [5.41, 5.74) is 5.99. The van der Waals surface area contributed by atoms with E-state index >= 15 is 0 Å². The Kier molecular flexibility index (Phi) is 3.27.